The van der Waals surface area contributed by atoms with Gasteiger partial charge in [0.05, 0.1) is 28.1 Å². The maximum atomic E-state index is 12.4. The lowest BCUT2D eigenvalue weighted by Crippen LogP contribution is -2.44. The fourth-order valence-corrected chi connectivity index (χ4v) is 5.21. The number of carbonyl (C=O) groups is 1. The highest BCUT2D eigenvalue weighted by molar-refractivity contribution is 7.91. The zero-order chi connectivity index (χ0) is 17.5. The lowest BCUT2D eigenvalue weighted by molar-refractivity contribution is -0.130. The van der Waals surface area contributed by atoms with Crippen molar-refractivity contribution in [2.24, 2.45) is 0 Å². The molecule has 0 aromatic heterocycles. The van der Waals surface area contributed by atoms with Crippen molar-refractivity contribution in [2.45, 2.75) is 30.8 Å². The fourth-order valence-electron chi connectivity index (χ4n) is 3.14. The second-order valence-electron chi connectivity index (χ2n) is 6.63. The molecule has 24 heavy (non-hydrogen) atoms. The molecule has 2 aliphatic rings. The van der Waals surface area contributed by atoms with Gasteiger partial charge in [0, 0.05) is 18.6 Å². The highest BCUT2D eigenvalue weighted by atomic mass is 35.5. The average Bonchev–Trinajstić information content (AvgIpc) is 3.24. The summed E-state index contributed by atoms with van der Waals surface area (Å²) in [4.78, 5) is 13.9. The van der Waals surface area contributed by atoms with Crippen molar-refractivity contribution in [1.82, 2.24) is 10.2 Å². The van der Waals surface area contributed by atoms with Crippen LogP contribution in [0.2, 0.25) is 10.0 Å². The van der Waals surface area contributed by atoms with Gasteiger partial charge in [0.25, 0.3) is 0 Å². The van der Waals surface area contributed by atoms with E-state index >= 15 is 0 Å². The maximum Gasteiger partial charge on any atom is 0.236 e. The summed E-state index contributed by atoms with van der Waals surface area (Å²) in [5.41, 5.74) is 0.794. The number of nitrogens with zero attached hydrogens (tertiary/aromatic N) is 1. The number of likely N-dealkylation sites (N-methyl/N-ethyl adjacent to an activating group) is 1. The topological polar surface area (TPSA) is 66.5 Å². The summed E-state index contributed by atoms with van der Waals surface area (Å²) in [6.45, 7) is 0.174. The number of hydrogen-bond donors (Lipinski definition) is 1. The van der Waals surface area contributed by atoms with Gasteiger partial charge in [0.15, 0.2) is 9.84 Å². The zero-order valence-electron chi connectivity index (χ0n) is 13.4. The SMILES string of the molecule is CN(C(=O)CNC1(c2ccc(Cl)c(Cl)c2)CC1)[C@H]1CCS(=O)(=O)C1. The number of amides is 1. The third kappa shape index (κ3) is 3.72. The van der Waals surface area contributed by atoms with Gasteiger partial charge in [-0.05, 0) is 37.0 Å². The highest BCUT2D eigenvalue weighted by Crippen LogP contribution is 2.46. The lowest BCUT2D eigenvalue weighted by atomic mass is 10.0. The maximum absolute atomic E-state index is 12.4. The fraction of sp³-hybridized carbons (Fsp3) is 0.562. The zero-order valence-corrected chi connectivity index (χ0v) is 15.7. The Morgan fingerprint density at radius 1 is 1.33 bits per heavy atom. The summed E-state index contributed by atoms with van der Waals surface area (Å²) >= 11 is 12.0. The first-order chi connectivity index (χ1) is 11.2. The van der Waals surface area contributed by atoms with Crippen LogP contribution in [0.5, 0.6) is 0 Å². The van der Waals surface area contributed by atoms with Crippen molar-refractivity contribution in [3.63, 3.8) is 0 Å². The number of carbonyl (C=O) groups excluding carboxylic acids is 1. The van der Waals surface area contributed by atoms with Crippen molar-refractivity contribution in [1.29, 1.82) is 0 Å². The predicted octanol–water partition coefficient (Wildman–Crippen LogP) is 2.22. The van der Waals surface area contributed by atoms with Gasteiger partial charge >= 0.3 is 0 Å². The van der Waals surface area contributed by atoms with Crippen molar-refractivity contribution < 1.29 is 13.2 Å². The quantitative estimate of drug-likeness (QED) is 0.836. The van der Waals surface area contributed by atoms with E-state index in [1.807, 2.05) is 12.1 Å². The van der Waals surface area contributed by atoms with Crippen LogP contribution in [0.1, 0.15) is 24.8 Å². The number of benzene rings is 1. The van der Waals surface area contributed by atoms with Crippen LogP contribution in [-0.4, -0.2) is 50.4 Å². The van der Waals surface area contributed by atoms with Crippen molar-refractivity contribution in [3.8, 4) is 0 Å². The summed E-state index contributed by atoms with van der Waals surface area (Å²) in [5, 5.41) is 4.33. The van der Waals surface area contributed by atoms with Crippen LogP contribution in [0, 0.1) is 0 Å². The predicted molar refractivity (Wildman–Crippen MR) is 95.2 cm³/mol. The van der Waals surface area contributed by atoms with Crippen LogP contribution in [0.25, 0.3) is 0 Å². The van der Waals surface area contributed by atoms with Crippen LogP contribution in [0.15, 0.2) is 18.2 Å². The lowest BCUT2D eigenvalue weighted by Gasteiger charge is -2.25. The molecule has 1 atom stereocenters. The van der Waals surface area contributed by atoms with Crippen molar-refractivity contribution in [2.75, 3.05) is 25.1 Å². The molecule has 1 aliphatic heterocycles. The first kappa shape index (κ1) is 18.0. The summed E-state index contributed by atoms with van der Waals surface area (Å²) in [6, 6.07) is 5.30. The molecule has 1 amide bonds. The normalized spacial score (nSPS) is 23.9. The monoisotopic (exact) mass is 390 g/mol. The van der Waals surface area contributed by atoms with Gasteiger partial charge in [-0.25, -0.2) is 8.42 Å². The third-order valence-corrected chi connectivity index (χ3v) is 7.44. The summed E-state index contributed by atoms with van der Waals surface area (Å²) in [7, 11) is -1.32. The molecule has 0 radical (unpaired) electrons. The summed E-state index contributed by atoms with van der Waals surface area (Å²) in [5.74, 6) is 0.131. The Hall–Kier alpha value is -0.820. The van der Waals surface area contributed by atoms with E-state index in [1.54, 1.807) is 18.0 Å². The Bertz CT molecular complexity index is 763. The Morgan fingerprint density at radius 2 is 2.04 bits per heavy atom. The molecule has 1 saturated carbocycles. The molecule has 1 heterocycles. The van der Waals surface area contributed by atoms with Crippen molar-refractivity contribution >= 4 is 38.9 Å². The number of hydrogen-bond acceptors (Lipinski definition) is 4. The molecule has 1 saturated heterocycles. The van der Waals surface area contributed by atoms with E-state index in [2.05, 4.69) is 5.32 Å². The first-order valence-corrected chi connectivity index (χ1v) is 10.5. The van der Waals surface area contributed by atoms with Crippen LogP contribution >= 0.6 is 23.2 Å². The van der Waals surface area contributed by atoms with Gasteiger partial charge in [0.2, 0.25) is 5.91 Å². The molecular formula is C16H20Cl2N2O3S. The smallest absolute Gasteiger partial charge is 0.236 e. The molecule has 1 aromatic rings. The molecule has 3 rings (SSSR count). The Balaban J connectivity index is 1.60. The minimum atomic E-state index is -3.00. The number of rotatable bonds is 5. The van der Waals surface area contributed by atoms with Crippen LogP contribution in [-0.2, 0) is 20.2 Å². The standard InChI is InChI=1S/C16H20Cl2N2O3S/c1-20(12-4-7-24(22,23)10-12)15(21)9-19-16(5-6-16)11-2-3-13(17)14(18)8-11/h2-3,8,12,19H,4-7,9-10H2,1H3/t12-/m0/s1. The molecule has 2 fully saturated rings. The van der Waals surface area contributed by atoms with Crippen LogP contribution in [0.3, 0.4) is 0 Å². The van der Waals surface area contributed by atoms with Gasteiger partial charge in [0.1, 0.15) is 0 Å². The van der Waals surface area contributed by atoms with E-state index < -0.39 is 9.84 Å². The molecule has 132 valence electrons. The minimum absolute atomic E-state index is 0.0627. The highest BCUT2D eigenvalue weighted by Gasteiger charge is 2.44. The van der Waals surface area contributed by atoms with E-state index in [0.29, 0.717) is 16.5 Å². The van der Waals surface area contributed by atoms with Crippen LogP contribution in [0.4, 0.5) is 0 Å². The van der Waals surface area contributed by atoms with Crippen molar-refractivity contribution in [3.05, 3.63) is 33.8 Å². The molecule has 1 aromatic carbocycles. The molecule has 0 bridgehead atoms. The van der Waals surface area contributed by atoms with E-state index in [0.717, 1.165) is 18.4 Å². The molecule has 8 heteroatoms. The van der Waals surface area contributed by atoms with Gasteiger partial charge in [-0.15, -0.1) is 0 Å². The molecule has 0 unspecified atom stereocenters. The van der Waals surface area contributed by atoms with E-state index in [9.17, 15) is 13.2 Å². The van der Waals surface area contributed by atoms with Gasteiger partial charge in [-0.1, -0.05) is 29.3 Å². The molecule has 1 N–H and O–H groups in total. The third-order valence-electron chi connectivity index (χ3n) is 4.95. The van der Waals surface area contributed by atoms with Gasteiger partial charge in [-0.2, -0.15) is 0 Å². The Kier molecular flexibility index (Phi) is 4.86. The second-order valence-corrected chi connectivity index (χ2v) is 9.67. The number of sulfone groups is 1. The minimum Gasteiger partial charge on any atom is -0.341 e. The second kappa shape index (κ2) is 6.48. The number of halogens is 2. The molecule has 5 nitrogen and oxygen atoms in total. The average molecular weight is 391 g/mol. The Labute approximate surface area is 152 Å². The summed E-state index contributed by atoms with van der Waals surface area (Å²) < 4.78 is 23.1. The first-order valence-electron chi connectivity index (χ1n) is 7.89. The summed E-state index contributed by atoms with van der Waals surface area (Å²) in [6.07, 6.45) is 2.38. The van der Waals surface area contributed by atoms with E-state index in [1.165, 1.54) is 0 Å². The molecule has 0 spiro atoms. The van der Waals surface area contributed by atoms with E-state index in [-0.39, 0.29) is 35.5 Å². The Morgan fingerprint density at radius 3 is 2.58 bits per heavy atom. The largest absolute Gasteiger partial charge is 0.341 e. The van der Waals surface area contributed by atoms with Crippen LogP contribution < -0.4 is 5.32 Å². The molecular weight excluding hydrogens is 371 g/mol. The number of nitrogens with one attached hydrogen (secondary N) is 1. The van der Waals surface area contributed by atoms with Gasteiger partial charge < -0.3 is 4.90 Å². The van der Waals surface area contributed by atoms with Gasteiger partial charge in [-0.3, -0.25) is 10.1 Å². The van der Waals surface area contributed by atoms with E-state index in [4.69, 9.17) is 23.2 Å². The molecule has 1 aliphatic carbocycles.